The molecule has 0 fully saturated rings. The summed E-state index contributed by atoms with van der Waals surface area (Å²) in [5.74, 6) is -0.195. The molecule has 0 aliphatic carbocycles. The molecule has 0 unspecified atom stereocenters. The number of hydrogen-bond acceptors (Lipinski definition) is 1. The molecule has 0 saturated carbocycles. The van der Waals surface area contributed by atoms with Gasteiger partial charge in [0, 0.05) is 12.7 Å². The predicted octanol–water partition coefficient (Wildman–Crippen LogP) is 1.60. The van der Waals surface area contributed by atoms with Gasteiger partial charge in [-0.15, -0.1) is 0 Å². The molecule has 0 saturated heterocycles. The van der Waals surface area contributed by atoms with E-state index in [1.165, 1.54) is 11.7 Å². The smallest absolute Gasteiger partial charge is 0.445 e. The van der Waals surface area contributed by atoms with E-state index >= 15 is 0 Å². The molecule has 74 valence electrons. The Morgan fingerprint density at radius 2 is 1.92 bits per heavy atom. The van der Waals surface area contributed by atoms with E-state index in [0.717, 1.165) is 6.20 Å². The highest BCUT2D eigenvalue weighted by Gasteiger charge is 2.31. The van der Waals surface area contributed by atoms with Crippen LogP contribution in [-0.2, 0) is 7.05 Å². The standard InChI is InChI=1S/C7H11BF3N2/c1-5(2)7-6(8(9,10)11)4-13(3)12-7/h4-5H,1-3H3/q-1. The van der Waals surface area contributed by atoms with Gasteiger partial charge in [-0.3, -0.25) is 4.68 Å². The van der Waals surface area contributed by atoms with Crippen LogP contribution in [0.1, 0.15) is 25.5 Å². The second kappa shape index (κ2) is 3.08. The average molecular weight is 191 g/mol. The summed E-state index contributed by atoms with van der Waals surface area (Å²) in [6, 6.07) is 0. The van der Waals surface area contributed by atoms with E-state index in [1.54, 1.807) is 13.8 Å². The second-order valence-corrected chi connectivity index (χ2v) is 3.37. The molecule has 1 heterocycles. The van der Waals surface area contributed by atoms with Gasteiger partial charge in [0.1, 0.15) is 0 Å². The van der Waals surface area contributed by atoms with Gasteiger partial charge in [-0.2, -0.15) is 5.10 Å². The molecule has 0 N–H and O–H groups in total. The minimum atomic E-state index is -4.93. The monoisotopic (exact) mass is 191 g/mol. The van der Waals surface area contributed by atoms with E-state index in [4.69, 9.17) is 0 Å². The molecule has 0 aliphatic heterocycles. The van der Waals surface area contributed by atoms with Crippen molar-refractivity contribution in [1.82, 2.24) is 9.78 Å². The van der Waals surface area contributed by atoms with Gasteiger partial charge >= 0.3 is 6.98 Å². The van der Waals surface area contributed by atoms with Crippen molar-refractivity contribution in [1.29, 1.82) is 0 Å². The number of aromatic nitrogens is 2. The number of hydrogen-bond donors (Lipinski definition) is 0. The maximum absolute atomic E-state index is 12.4. The van der Waals surface area contributed by atoms with Crippen LogP contribution in [0.2, 0.25) is 0 Å². The van der Waals surface area contributed by atoms with Gasteiger partial charge < -0.3 is 12.9 Å². The lowest BCUT2D eigenvalue weighted by Gasteiger charge is -2.15. The van der Waals surface area contributed by atoms with E-state index in [-0.39, 0.29) is 11.6 Å². The van der Waals surface area contributed by atoms with Gasteiger partial charge in [0.25, 0.3) is 0 Å². The fourth-order valence-corrected chi connectivity index (χ4v) is 1.22. The van der Waals surface area contributed by atoms with Gasteiger partial charge in [0.05, 0.1) is 0 Å². The molecule has 0 atom stereocenters. The number of rotatable bonds is 2. The summed E-state index contributed by atoms with van der Waals surface area (Å²) >= 11 is 0. The van der Waals surface area contributed by atoms with Crippen molar-refractivity contribution in [2.75, 3.05) is 0 Å². The van der Waals surface area contributed by atoms with Crippen LogP contribution in [-0.4, -0.2) is 16.8 Å². The number of nitrogens with zero attached hydrogens (tertiary/aromatic N) is 2. The largest absolute Gasteiger partial charge is 0.512 e. The van der Waals surface area contributed by atoms with Crippen LogP contribution in [0, 0.1) is 0 Å². The quantitative estimate of drug-likeness (QED) is 0.649. The van der Waals surface area contributed by atoms with Crippen molar-refractivity contribution in [2.24, 2.45) is 7.05 Å². The topological polar surface area (TPSA) is 17.8 Å². The maximum Gasteiger partial charge on any atom is 0.512 e. The van der Waals surface area contributed by atoms with Crippen LogP contribution < -0.4 is 5.46 Å². The Balaban J connectivity index is 3.20. The van der Waals surface area contributed by atoms with Crippen LogP contribution in [0.3, 0.4) is 0 Å². The highest BCUT2D eigenvalue weighted by molar-refractivity contribution is 6.73. The van der Waals surface area contributed by atoms with Gasteiger partial charge in [0.15, 0.2) is 0 Å². The van der Waals surface area contributed by atoms with Gasteiger partial charge in [0.2, 0.25) is 0 Å². The molecular formula is C7H11BF3N2-. The molecule has 1 rings (SSSR count). The first-order valence-electron chi connectivity index (χ1n) is 4.05. The number of aryl methyl sites for hydroxylation is 1. The average Bonchev–Trinajstić information content (AvgIpc) is 2.29. The molecule has 0 amide bonds. The maximum atomic E-state index is 12.4. The minimum absolute atomic E-state index is 0.134. The molecule has 0 aliphatic rings. The van der Waals surface area contributed by atoms with Crippen molar-refractivity contribution in [3.8, 4) is 0 Å². The molecular weight excluding hydrogens is 180 g/mol. The SMILES string of the molecule is CC(C)c1nn(C)cc1[B-](F)(F)F. The van der Waals surface area contributed by atoms with E-state index in [2.05, 4.69) is 5.10 Å². The van der Waals surface area contributed by atoms with Crippen molar-refractivity contribution < 1.29 is 12.9 Å². The predicted molar refractivity (Wildman–Crippen MR) is 46.0 cm³/mol. The van der Waals surface area contributed by atoms with Crippen molar-refractivity contribution in [3.63, 3.8) is 0 Å². The molecule has 13 heavy (non-hydrogen) atoms. The van der Waals surface area contributed by atoms with Crippen molar-refractivity contribution in [3.05, 3.63) is 11.9 Å². The molecule has 0 bridgehead atoms. The Hall–Kier alpha value is -0.935. The minimum Gasteiger partial charge on any atom is -0.445 e. The summed E-state index contributed by atoms with van der Waals surface area (Å²) in [4.78, 5) is 0. The lowest BCUT2D eigenvalue weighted by atomic mass is 9.78. The van der Waals surface area contributed by atoms with Crippen molar-refractivity contribution in [2.45, 2.75) is 19.8 Å². The first-order valence-corrected chi connectivity index (χ1v) is 4.05. The summed E-state index contributed by atoms with van der Waals surface area (Å²) in [6.45, 7) is -1.53. The van der Waals surface area contributed by atoms with Gasteiger partial charge in [-0.1, -0.05) is 19.3 Å². The Morgan fingerprint density at radius 3 is 2.23 bits per heavy atom. The normalized spacial score (nSPS) is 12.5. The van der Waals surface area contributed by atoms with E-state index in [9.17, 15) is 12.9 Å². The first-order chi connectivity index (χ1) is 5.82. The zero-order valence-corrected chi connectivity index (χ0v) is 7.76. The Bertz CT molecular complexity index is 303. The van der Waals surface area contributed by atoms with Crippen LogP contribution >= 0.6 is 0 Å². The fourth-order valence-electron chi connectivity index (χ4n) is 1.22. The zero-order valence-electron chi connectivity index (χ0n) is 7.76. The third-order valence-electron chi connectivity index (χ3n) is 1.79. The summed E-state index contributed by atoms with van der Waals surface area (Å²) in [7, 11) is 1.50. The third kappa shape index (κ3) is 2.05. The molecule has 2 nitrogen and oxygen atoms in total. The summed E-state index contributed by atoms with van der Waals surface area (Å²) in [5.41, 5.74) is -0.437. The van der Waals surface area contributed by atoms with Crippen LogP contribution in [0.5, 0.6) is 0 Å². The summed E-state index contributed by atoms with van der Waals surface area (Å²) < 4.78 is 38.5. The lowest BCUT2D eigenvalue weighted by Crippen LogP contribution is -2.36. The number of halogens is 3. The molecule has 1 aromatic heterocycles. The van der Waals surface area contributed by atoms with Crippen LogP contribution in [0.25, 0.3) is 0 Å². The molecule has 0 aromatic carbocycles. The highest BCUT2D eigenvalue weighted by atomic mass is 19.4. The lowest BCUT2D eigenvalue weighted by molar-refractivity contribution is 0.499. The second-order valence-electron chi connectivity index (χ2n) is 3.37. The van der Waals surface area contributed by atoms with Crippen LogP contribution in [0.4, 0.5) is 12.9 Å². The Morgan fingerprint density at radius 1 is 1.38 bits per heavy atom. The summed E-state index contributed by atoms with van der Waals surface area (Å²) in [6.07, 6.45) is 1.04. The van der Waals surface area contributed by atoms with Crippen molar-refractivity contribution >= 4 is 12.4 Å². The fraction of sp³-hybridized carbons (Fsp3) is 0.571. The van der Waals surface area contributed by atoms with Gasteiger partial charge in [-0.05, 0) is 12.1 Å². The third-order valence-corrected chi connectivity index (χ3v) is 1.79. The Labute approximate surface area is 74.8 Å². The van der Waals surface area contributed by atoms with E-state index in [0.29, 0.717) is 0 Å². The Kier molecular flexibility index (Phi) is 2.41. The highest BCUT2D eigenvalue weighted by Crippen LogP contribution is 2.16. The molecule has 6 heteroatoms. The van der Waals surface area contributed by atoms with Crippen LogP contribution in [0.15, 0.2) is 6.20 Å². The molecule has 1 aromatic rings. The summed E-state index contributed by atoms with van der Waals surface area (Å²) in [5, 5.41) is 3.79. The van der Waals surface area contributed by atoms with E-state index in [1.807, 2.05) is 0 Å². The van der Waals surface area contributed by atoms with Gasteiger partial charge in [-0.25, -0.2) is 0 Å². The molecule has 0 spiro atoms. The zero-order chi connectivity index (χ0) is 10.2. The van der Waals surface area contributed by atoms with E-state index < -0.39 is 12.4 Å². The first kappa shape index (κ1) is 10.1. The molecule has 0 radical (unpaired) electrons.